The number of nitro groups is 1. The Kier molecular flexibility index (Phi) is 24.8. The predicted molar refractivity (Wildman–Crippen MR) is 172 cm³/mol. The van der Waals surface area contributed by atoms with Crippen molar-refractivity contribution in [3.8, 4) is 11.5 Å². The molecule has 2 aromatic carbocycles. The summed E-state index contributed by atoms with van der Waals surface area (Å²) >= 11 is 0. The number of anilines is 1. The number of non-ortho nitro benzene ring substituents is 1. The molecule has 15 heteroatoms. The molecule has 15 nitrogen and oxygen atoms in total. The summed E-state index contributed by atoms with van der Waals surface area (Å²) in [4.78, 5) is 10.2. The average molecular weight is 671 g/mol. The van der Waals surface area contributed by atoms with Crippen molar-refractivity contribution in [1.82, 2.24) is 0 Å². The van der Waals surface area contributed by atoms with Gasteiger partial charge in [0.25, 0.3) is 5.69 Å². The summed E-state index contributed by atoms with van der Waals surface area (Å²) in [5, 5.41) is 10.6. The molecule has 2 N–H and O–H groups in total. The lowest BCUT2D eigenvalue weighted by Gasteiger charge is -2.09. The third kappa shape index (κ3) is 23.8. The fraction of sp³-hybridized carbons (Fsp3) is 0.625. The number of nitro benzene ring substituents is 1. The van der Waals surface area contributed by atoms with Crippen LogP contribution in [0.3, 0.4) is 0 Å². The number of hydrogen-bond donors (Lipinski definition) is 1. The number of hydrogen-bond acceptors (Lipinski definition) is 14. The SMILES string of the molecule is Nc1ccc(OCCOCCOCCOCCOCCOCCOCCOCCOCCOCCOc2ccc([N+](=O)[O-])cc2)cc1. The molecule has 0 radical (unpaired) electrons. The van der Waals surface area contributed by atoms with E-state index in [1.54, 1.807) is 24.3 Å². The Labute approximate surface area is 276 Å². The van der Waals surface area contributed by atoms with Gasteiger partial charge >= 0.3 is 0 Å². The second-order valence-corrected chi connectivity index (χ2v) is 9.53. The second-order valence-electron chi connectivity index (χ2n) is 9.53. The van der Waals surface area contributed by atoms with E-state index in [1.165, 1.54) is 12.1 Å². The number of nitrogen functional groups attached to an aromatic ring is 1. The van der Waals surface area contributed by atoms with Crippen LogP contribution in [0.4, 0.5) is 11.4 Å². The summed E-state index contributed by atoms with van der Waals surface area (Å²) in [5.74, 6) is 1.32. The third-order valence-corrected chi connectivity index (χ3v) is 5.90. The van der Waals surface area contributed by atoms with E-state index in [1.807, 2.05) is 12.1 Å². The second kappa shape index (κ2) is 29.1. The van der Waals surface area contributed by atoms with Gasteiger partial charge in [-0.1, -0.05) is 0 Å². The highest BCUT2D eigenvalue weighted by Gasteiger charge is 2.04. The van der Waals surface area contributed by atoms with Crippen molar-refractivity contribution < 1.29 is 57.0 Å². The number of ether oxygens (including phenoxy) is 11. The highest BCUT2D eigenvalue weighted by molar-refractivity contribution is 5.41. The molecule has 266 valence electrons. The Bertz CT molecular complexity index is 999. The molecule has 47 heavy (non-hydrogen) atoms. The molecule has 0 heterocycles. The first kappa shape index (κ1) is 40.1. The van der Waals surface area contributed by atoms with Crippen molar-refractivity contribution >= 4 is 11.4 Å². The van der Waals surface area contributed by atoms with Crippen LogP contribution in [0.5, 0.6) is 11.5 Å². The molecule has 0 unspecified atom stereocenters. The van der Waals surface area contributed by atoms with Crippen molar-refractivity contribution in [2.75, 3.05) is 138 Å². The van der Waals surface area contributed by atoms with Crippen molar-refractivity contribution in [3.63, 3.8) is 0 Å². The fourth-order valence-corrected chi connectivity index (χ4v) is 3.53. The van der Waals surface area contributed by atoms with Crippen molar-refractivity contribution in [3.05, 3.63) is 58.6 Å². The minimum atomic E-state index is -0.453. The molecule has 0 atom stereocenters. The van der Waals surface area contributed by atoms with Crippen LogP contribution < -0.4 is 15.2 Å². The molecule has 2 rings (SSSR count). The van der Waals surface area contributed by atoms with Crippen LogP contribution in [-0.2, 0) is 42.6 Å². The lowest BCUT2D eigenvalue weighted by Crippen LogP contribution is -2.15. The molecule has 0 amide bonds. The van der Waals surface area contributed by atoms with Gasteiger partial charge in [0, 0.05) is 17.8 Å². The Hall–Kier alpha value is -3.12. The molecule has 0 aromatic heterocycles. The molecule has 0 spiro atoms. The Morgan fingerprint density at radius 3 is 0.894 bits per heavy atom. The lowest BCUT2D eigenvalue weighted by atomic mass is 10.3. The van der Waals surface area contributed by atoms with Gasteiger partial charge in [-0.05, 0) is 36.4 Å². The van der Waals surface area contributed by atoms with Gasteiger partial charge < -0.3 is 57.8 Å². The quantitative estimate of drug-likeness (QED) is 0.0509. The minimum absolute atomic E-state index is 0.0246. The van der Waals surface area contributed by atoms with Crippen LogP contribution >= 0.6 is 0 Å². The predicted octanol–water partition coefficient (Wildman–Crippen LogP) is 2.78. The molecule has 0 aliphatic rings. The number of rotatable bonds is 33. The van der Waals surface area contributed by atoms with Crippen molar-refractivity contribution in [2.24, 2.45) is 0 Å². The van der Waals surface area contributed by atoms with Gasteiger partial charge in [0.1, 0.15) is 24.7 Å². The van der Waals surface area contributed by atoms with E-state index >= 15 is 0 Å². The standard InChI is InChI=1S/C32H50N2O13/c33-29-1-5-31(6-2-29)46-27-25-44-23-21-42-19-17-40-15-13-38-11-9-37-10-12-39-14-16-41-18-20-43-22-24-45-26-28-47-32-7-3-30(4-8-32)34(35)36/h1-8H,9-28,33H2. The van der Waals surface area contributed by atoms with Crippen LogP contribution in [0, 0.1) is 10.1 Å². The van der Waals surface area contributed by atoms with E-state index in [9.17, 15) is 10.1 Å². The zero-order valence-corrected chi connectivity index (χ0v) is 27.1. The molecule has 0 saturated carbocycles. The van der Waals surface area contributed by atoms with Gasteiger partial charge in [0.05, 0.1) is 124 Å². The number of nitrogens with zero attached hydrogens (tertiary/aromatic N) is 1. The monoisotopic (exact) mass is 670 g/mol. The summed E-state index contributed by atoms with van der Waals surface area (Å²) in [7, 11) is 0. The first-order chi connectivity index (χ1) is 23.1. The van der Waals surface area contributed by atoms with E-state index in [0.717, 1.165) is 5.75 Å². The van der Waals surface area contributed by atoms with Crippen LogP contribution in [0.1, 0.15) is 0 Å². The Morgan fingerprint density at radius 2 is 0.638 bits per heavy atom. The maximum absolute atomic E-state index is 10.6. The maximum Gasteiger partial charge on any atom is 0.269 e. The van der Waals surface area contributed by atoms with Crippen LogP contribution in [0.2, 0.25) is 0 Å². The van der Waals surface area contributed by atoms with Gasteiger partial charge in [0.2, 0.25) is 0 Å². The zero-order valence-electron chi connectivity index (χ0n) is 27.1. The van der Waals surface area contributed by atoms with Crippen LogP contribution in [-0.4, -0.2) is 137 Å². The lowest BCUT2D eigenvalue weighted by molar-refractivity contribution is -0.384. The largest absolute Gasteiger partial charge is 0.491 e. The van der Waals surface area contributed by atoms with Gasteiger partial charge in [-0.2, -0.15) is 0 Å². The van der Waals surface area contributed by atoms with Gasteiger partial charge in [0.15, 0.2) is 0 Å². The molecular formula is C32H50N2O13. The normalized spacial score (nSPS) is 11.1. The minimum Gasteiger partial charge on any atom is -0.491 e. The summed E-state index contributed by atoms with van der Waals surface area (Å²) in [5.41, 5.74) is 6.37. The highest BCUT2D eigenvalue weighted by Crippen LogP contribution is 2.17. The molecule has 0 bridgehead atoms. The first-order valence-corrected chi connectivity index (χ1v) is 15.7. The molecule has 2 aromatic rings. The van der Waals surface area contributed by atoms with Crippen LogP contribution in [0.15, 0.2) is 48.5 Å². The van der Waals surface area contributed by atoms with Crippen LogP contribution in [0.25, 0.3) is 0 Å². The summed E-state index contributed by atoms with van der Waals surface area (Å²) in [6.45, 7) is 9.37. The highest BCUT2D eigenvalue weighted by atomic mass is 16.6. The van der Waals surface area contributed by atoms with E-state index in [-0.39, 0.29) is 5.69 Å². The molecule has 0 fully saturated rings. The first-order valence-electron chi connectivity index (χ1n) is 15.7. The van der Waals surface area contributed by atoms with Crippen molar-refractivity contribution in [1.29, 1.82) is 0 Å². The van der Waals surface area contributed by atoms with Crippen molar-refractivity contribution in [2.45, 2.75) is 0 Å². The Morgan fingerprint density at radius 1 is 0.404 bits per heavy atom. The fourth-order valence-electron chi connectivity index (χ4n) is 3.53. The summed E-state index contributed by atoms with van der Waals surface area (Å²) in [6.07, 6.45) is 0. The van der Waals surface area contributed by atoms with E-state index in [2.05, 4.69) is 0 Å². The topological polar surface area (TPSA) is 171 Å². The smallest absolute Gasteiger partial charge is 0.269 e. The average Bonchev–Trinajstić information content (AvgIpc) is 3.08. The Balaban J connectivity index is 1.17. The molecule has 0 aliphatic carbocycles. The summed E-state index contributed by atoms with van der Waals surface area (Å²) in [6, 6.07) is 13.1. The maximum atomic E-state index is 10.6. The summed E-state index contributed by atoms with van der Waals surface area (Å²) < 4.78 is 60.1. The van der Waals surface area contributed by atoms with Gasteiger partial charge in [-0.15, -0.1) is 0 Å². The third-order valence-electron chi connectivity index (χ3n) is 5.90. The number of benzene rings is 2. The van der Waals surface area contributed by atoms with E-state index < -0.39 is 4.92 Å². The number of nitrogens with two attached hydrogens (primary N) is 1. The zero-order chi connectivity index (χ0) is 33.5. The van der Waals surface area contributed by atoms with E-state index in [4.69, 9.17) is 57.8 Å². The van der Waals surface area contributed by atoms with E-state index in [0.29, 0.717) is 144 Å². The molecular weight excluding hydrogens is 620 g/mol. The van der Waals surface area contributed by atoms with Gasteiger partial charge in [-0.25, -0.2) is 0 Å². The molecule has 0 aliphatic heterocycles. The van der Waals surface area contributed by atoms with Gasteiger partial charge in [-0.3, -0.25) is 10.1 Å². The molecule has 0 saturated heterocycles.